The van der Waals surface area contributed by atoms with Crippen molar-refractivity contribution in [3.05, 3.63) is 64.5 Å². The molecule has 6 nitrogen and oxygen atoms in total. The number of rotatable bonds is 8. The van der Waals surface area contributed by atoms with Crippen LogP contribution >= 0.6 is 11.3 Å². The van der Waals surface area contributed by atoms with Gasteiger partial charge in [0.15, 0.2) is 11.5 Å². The van der Waals surface area contributed by atoms with E-state index in [9.17, 15) is 9.59 Å². The fourth-order valence-electron chi connectivity index (χ4n) is 2.11. The SMILES string of the molecule is C=CCNC(=O)/C(=C/c1cccs1)NC(=O)c1ccc(OC)c(OC)c1. The highest BCUT2D eigenvalue weighted by molar-refractivity contribution is 7.10. The number of hydrogen-bond acceptors (Lipinski definition) is 5. The highest BCUT2D eigenvalue weighted by Crippen LogP contribution is 2.27. The zero-order valence-corrected chi connectivity index (χ0v) is 15.4. The highest BCUT2D eigenvalue weighted by atomic mass is 32.1. The van der Waals surface area contributed by atoms with Gasteiger partial charge in [0.25, 0.3) is 11.8 Å². The Hall–Kier alpha value is -3.06. The molecule has 2 amide bonds. The molecule has 0 aliphatic carbocycles. The van der Waals surface area contributed by atoms with Crippen LogP contribution in [0.1, 0.15) is 15.2 Å². The minimum Gasteiger partial charge on any atom is -0.493 e. The Morgan fingerprint density at radius 3 is 2.58 bits per heavy atom. The quantitative estimate of drug-likeness (QED) is 0.552. The molecule has 0 unspecified atom stereocenters. The predicted octanol–water partition coefficient (Wildman–Crippen LogP) is 2.84. The van der Waals surface area contributed by atoms with E-state index in [0.29, 0.717) is 23.6 Å². The van der Waals surface area contributed by atoms with Gasteiger partial charge in [-0.1, -0.05) is 12.1 Å². The summed E-state index contributed by atoms with van der Waals surface area (Å²) < 4.78 is 10.4. The van der Waals surface area contributed by atoms with Gasteiger partial charge in [-0.15, -0.1) is 17.9 Å². The Morgan fingerprint density at radius 2 is 1.96 bits per heavy atom. The summed E-state index contributed by atoms with van der Waals surface area (Å²) in [6, 6.07) is 8.51. The standard InChI is InChI=1S/C19H20N2O4S/c1-4-9-20-19(23)15(12-14-6-5-10-26-14)21-18(22)13-7-8-16(24-2)17(11-13)25-3/h4-8,10-12H,1,9H2,2-3H3,(H,20,23)(H,21,22)/b15-12-. The molecule has 7 heteroatoms. The summed E-state index contributed by atoms with van der Waals surface area (Å²) in [5, 5.41) is 7.21. The number of amides is 2. The molecule has 26 heavy (non-hydrogen) atoms. The van der Waals surface area contributed by atoms with Gasteiger partial charge in [0, 0.05) is 17.0 Å². The molecule has 0 saturated heterocycles. The highest BCUT2D eigenvalue weighted by Gasteiger charge is 2.16. The van der Waals surface area contributed by atoms with E-state index in [0.717, 1.165) is 4.88 Å². The number of benzene rings is 1. The minimum atomic E-state index is -0.428. The first-order chi connectivity index (χ1) is 12.6. The normalized spacial score (nSPS) is 10.8. The Kier molecular flexibility index (Phi) is 6.99. The summed E-state index contributed by atoms with van der Waals surface area (Å²) in [7, 11) is 3.01. The Labute approximate surface area is 156 Å². The summed E-state index contributed by atoms with van der Waals surface area (Å²) >= 11 is 1.46. The number of hydrogen-bond donors (Lipinski definition) is 2. The van der Waals surface area contributed by atoms with E-state index >= 15 is 0 Å². The van der Waals surface area contributed by atoms with Crippen molar-refractivity contribution in [3.8, 4) is 11.5 Å². The second-order valence-corrected chi connectivity index (χ2v) is 6.08. The maximum Gasteiger partial charge on any atom is 0.268 e. The van der Waals surface area contributed by atoms with Crippen molar-refractivity contribution in [3.63, 3.8) is 0 Å². The number of thiophene rings is 1. The van der Waals surface area contributed by atoms with E-state index in [1.54, 1.807) is 30.4 Å². The molecular formula is C19H20N2O4S. The molecule has 2 N–H and O–H groups in total. The van der Waals surface area contributed by atoms with Crippen molar-refractivity contribution in [2.45, 2.75) is 0 Å². The number of methoxy groups -OCH3 is 2. The first kappa shape index (κ1) is 19.3. The molecule has 0 spiro atoms. The van der Waals surface area contributed by atoms with Crippen LogP contribution in [-0.2, 0) is 4.79 Å². The van der Waals surface area contributed by atoms with Gasteiger partial charge in [0.2, 0.25) is 0 Å². The second kappa shape index (κ2) is 9.43. The van der Waals surface area contributed by atoms with Gasteiger partial charge in [-0.05, 0) is 35.7 Å². The van der Waals surface area contributed by atoms with Crippen molar-refractivity contribution in [2.24, 2.45) is 0 Å². The molecule has 1 heterocycles. The van der Waals surface area contributed by atoms with Crippen molar-refractivity contribution >= 4 is 29.2 Å². The van der Waals surface area contributed by atoms with E-state index in [1.807, 2.05) is 17.5 Å². The number of carbonyl (C=O) groups is 2. The molecule has 0 aliphatic heterocycles. The maximum atomic E-state index is 12.6. The molecule has 2 aromatic rings. The van der Waals surface area contributed by atoms with Crippen LogP contribution in [0.25, 0.3) is 6.08 Å². The van der Waals surface area contributed by atoms with E-state index < -0.39 is 11.8 Å². The molecule has 0 atom stereocenters. The first-order valence-electron chi connectivity index (χ1n) is 7.76. The van der Waals surface area contributed by atoms with E-state index in [1.165, 1.54) is 25.6 Å². The summed E-state index contributed by atoms with van der Waals surface area (Å²) in [4.78, 5) is 25.8. The molecule has 0 bridgehead atoms. The third kappa shape index (κ3) is 4.97. The van der Waals surface area contributed by atoms with Crippen LogP contribution in [-0.4, -0.2) is 32.6 Å². The Morgan fingerprint density at radius 1 is 1.19 bits per heavy atom. The lowest BCUT2D eigenvalue weighted by Crippen LogP contribution is -2.34. The van der Waals surface area contributed by atoms with Crippen LogP contribution in [0.3, 0.4) is 0 Å². The molecule has 0 fully saturated rings. The summed E-state index contributed by atoms with van der Waals surface area (Å²) in [5.41, 5.74) is 0.491. The second-order valence-electron chi connectivity index (χ2n) is 5.10. The predicted molar refractivity (Wildman–Crippen MR) is 103 cm³/mol. The smallest absolute Gasteiger partial charge is 0.268 e. The van der Waals surface area contributed by atoms with Crippen LogP contribution in [0, 0.1) is 0 Å². The average Bonchev–Trinajstić information content (AvgIpc) is 3.17. The lowest BCUT2D eigenvalue weighted by Gasteiger charge is -2.12. The average molecular weight is 372 g/mol. The molecule has 0 saturated carbocycles. The van der Waals surface area contributed by atoms with E-state index in [4.69, 9.17) is 9.47 Å². The maximum absolute atomic E-state index is 12.6. The third-order valence-electron chi connectivity index (χ3n) is 3.38. The molecule has 1 aromatic heterocycles. The molecule has 1 aromatic carbocycles. The van der Waals surface area contributed by atoms with Crippen molar-refractivity contribution < 1.29 is 19.1 Å². The molecule has 2 rings (SSSR count). The molecule has 0 radical (unpaired) electrons. The fraction of sp³-hybridized carbons (Fsp3) is 0.158. The van der Waals surface area contributed by atoms with Crippen LogP contribution in [0.5, 0.6) is 11.5 Å². The molecular weight excluding hydrogens is 352 g/mol. The van der Waals surface area contributed by atoms with Crippen molar-refractivity contribution in [2.75, 3.05) is 20.8 Å². The Balaban J connectivity index is 2.25. The summed E-state index contributed by atoms with van der Waals surface area (Å²) in [6.07, 6.45) is 3.19. The van der Waals surface area contributed by atoms with Gasteiger partial charge in [-0.2, -0.15) is 0 Å². The minimum absolute atomic E-state index is 0.147. The van der Waals surface area contributed by atoms with Gasteiger partial charge in [0.1, 0.15) is 5.70 Å². The van der Waals surface area contributed by atoms with Crippen LogP contribution < -0.4 is 20.1 Å². The monoisotopic (exact) mass is 372 g/mol. The van der Waals surface area contributed by atoms with Crippen LogP contribution in [0.2, 0.25) is 0 Å². The van der Waals surface area contributed by atoms with Crippen molar-refractivity contribution in [1.82, 2.24) is 10.6 Å². The van der Waals surface area contributed by atoms with Crippen LogP contribution in [0.15, 0.2) is 54.1 Å². The van der Waals surface area contributed by atoms with Gasteiger partial charge in [0.05, 0.1) is 14.2 Å². The van der Waals surface area contributed by atoms with Crippen molar-refractivity contribution in [1.29, 1.82) is 0 Å². The van der Waals surface area contributed by atoms with Gasteiger partial charge >= 0.3 is 0 Å². The molecule has 136 valence electrons. The van der Waals surface area contributed by atoms with E-state index in [2.05, 4.69) is 17.2 Å². The topological polar surface area (TPSA) is 76.7 Å². The van der Waals surface area contributed by atoms with Gasteiger partial charge < -0.3 is 20.1 Å². The first-order valence-corrected chi connectivity index (χ1v) is 8.64. The number of nitrogens with one attached hydrogen (secondary N) is 2. The Bertz CT molecular complexity index is 813. The zero-order valence-electron chi connectivity index (χ0n) is 14.6. The third-order valence-corrected chi connectivity index (χ3v) is 4.19. The summed E-state index contributed by atoms with van der Waals surface area (Å²) in [6.45, 7) is 3.86. The fourth-order valence-corrected chi connectivity index (χ4v) is 2.76. The van der Waals surface area contributed by atoms with Gasteiger partial charge in [-0.3, -0.25) is 9.59 Å². The van der Waals surface area contributed by atoms with E-state index in [-0.39, 0.29) is 5.70 Å². The lowest BCUT2D eigenvalue weighted by molar-refractivity contribution is -0.117. The lowest BCUT2D eigenvalue weighted by atomic mass is 10.1. The number of ether oxygens (including phenoxy) is 2. The summed E-state index contributed by atoms with van der Waals surface area (Å²) in [5.74, 6) is 0.122. The van der Waals surface area contributed by atoms with Crippen LogP contribution in [0.4, 0.5) is 0 Å². The van der Waals surface area contributed by atoms with Gasteiger partial charge in [-0.25, -0.2) is 0 Å². The zero-order chi connectivity index (χ0) is 18.9. The number of carbonyl (C=O) groups excluding carboxylic acids is 2. The largest absolute Gasteiger partial charge is 0.493 e. The molecule has 0 aliphatic rings.